The largest absolute Gasteiger partial charge is 0.326 e. The van der Waals surface area contributed by atoms with Gasteiger partial charge in [0.05, 0.1) is 5.75 Å². The SMILES string of the molecule is CS(=O)(=O)CCC(=O)Nc1ccccc1Cc1ccccc1. The van der Waals surface area contributed by atoms with E-state index >= 15 is 0 Å². The van der Waals surface area contributed by atoms with Gasteiger partial charge in [-0.1, -0.05) is 48.5 Å². The van der Waals surface area contributed by atoms with Crippen molar-refractivity contribution in [3.63, 3.8) is 0 Å². The molecule has 0 aliphatic rings. The van der Waals surface area contributed by atoms with E-state index in [1.807, 2.05) is 54.6 Å². The molecule has 1 amide bonds. The Balaban J connectivity index is 2.07. The van der Waals surface area contributed by atoms with Crippen molar-refractivity contribution in [3.8, 4) is 0 Å². The first-order chi connectivity index (χ1) is 10.4. The van der Waals surface area contributed by atoms with Crippen molar-refractivity contribution in [1.82, 2.24) is 0 Å². The van der Waals surface area contributed by atoms with Crippen molar-refractivity contribution in [2.45, 2.75) is 12.8 Å². The molecule has 2 aromatic rings. The number of para-hydroxylation sites is 1. The lowest BCUT2D eigenvalue weighted by Gasteiger charge is -2.11. The zero-order chi connectivity index (χ0) is 16.0. The maximum absolute atomic E-state index is 11.9. The summed E-state index contributed by atoms with van der Waals surface area (Å²) in [6.45, 7) is 0. The van der Waals surface area contributed by atoms with Crippen LogP contribution in [0, 0.1) is 0 Å². The standard InChI is InChI=1S/C17H19NO3S/c1-22(20,21)12-11-17(19)18-16-10-6-5-9-15(16)13-14-7-3-2-4-8-14/h2-10H,11-13H2,1H3,(H,18,19). The minimum atomic E-state index is -3.13. The lowest BCUT2D eigenvalue weighted by molar-refractivity contribution is -0.115. The Hall–Kier alpha value is -2.14. The van der Waals surface area contributed by atoms with Crippen molar-refractivity contribution in [3.05, 3.63) is 65.7 Å². The van der Waals surface area contributed by atoms with Gasteiger partial charge in [0.25, 0.3) is 0 Å². The first-order valence-electron chi connectivity index (χ1n) is 7.03. The average Bonchev–Trinajstić information content (AvgIpc) is 2.48. The maximum atomic E-state index is 11.9. The van der Waals surface area contributed by atoms with Crippen molar-refractivity contribution in [1.29, 1.82) is 0 Å². The van der Waals surface area contributed by atoms with Gasteiger partial charge >= 0.3 is 0 Å². The molecule has 0 radical (unpaired) electrons. The van der Waals surface area contributed by atoms with Gasteiger partial charge in [0.2, 0.25) is 5.91 Å². The molecule has 0 spiro atoms. The molecule has 1 N–H and O–H groups in total. The second kappa shape index (κ2) is 7.22. The van der Waals surface area contributed by atoms with Gasteiger partial charge in [-0.15, -0.1) is 0 Å². The van der Waals surface area contributed by atoms with Crippen molar-refractivity contribution >= 4 is 21.4 Å². The third-order valence-electron chi connectivity index (χ3n) is 3.23. The van der Waals surface area contributed by atoms with Crippen LogP contribution >= 0.6 is 0 Å². The van der Waals surface area contributed by atoms with E-state index in [-0.39, 0.29) is 18.1 Å². The molecule has 2 aromatic carbocycles. The summed E-state index contributed by atoms with van der Waals surface area (Å²) in [6.07, 6.45) is 1.81. The minimum absolute atomic E-state index is 0.0293. The van der Waals surface area contributed by atoms with Crippen molar-refractivity contribution in [2.24, 2.45) is 0 Å². The van der Waals surface area contributed by atoms with E-state index in [0.29, 0.717) is 6.42 Å². The van der Waals surface area contributed by atoms with Crippen molar-refractivity contribution < 1.29 is 13.2 Å². The molecule has 22 heavy (non-hydrogen) atoms. The van der Waals surface area contributed by atoms with Gasteiger partial charge in [0.1, 0.15) is 9.84 Å². The topological polar surface area (TPSA) is 63.2 Å². The molecule has 0 aliphatic carbocycles. The highest BCUT2D eigenvalue weighted by molar-refractivity contribution is 7.90. The average molecular weight is 317 g/mol. The van der Waals surface area contributed by atoms with Crippen LogP contribution in [0.1, 0.15) is 17.5 Å². The van der Waals surface area contributed by atoms with Crippen LogP contribution in [0.25, 0.3) is 0 Å². The Labute approximate surface area is 131 Å². The van der Waals surface area contributed by atoms with Gasteiger partial charge in [-0.25, -0.2) is 8.42 Å². The summed E-state index contributed by atoms with van der Waals surface area (Å²) in [5, 5.41) is 2.80. The van der Waals surface area contributed by atoms with Crippen LogP contribution in [0.3, 0.4) is 0 Å². The molecule has 0 fully saturated rings. The molecule has 0 aromatic heterocycles. The van der Waals surface area contributed by atoms with E-state index in [4.69, 9.17) is 0 Å². The number of hydrogen-bond acceptors (Lipinski definition) is 3. The summed E-state index contributed by atoms with van der Waals surface area (Å²) < 4.78 is 22.2. The number of carbonyl (C=O) groups excluding carboxylic acids is 1. The predicted molar refractivity (Wildman–Crippen MR) is 88.6 cm³/mol. The van der Waals surface area contributed by atoms with Crippen LogP contribution in [0.15, 0.2) is 54.6 Å². The van der Waals surface area contributed by atoms with Crippen LogP contribution in [0.2, 0.25) is 0 Å². The zero-order valence-corrected chi connectivity index (χ0v) is 13.3. The van der Waals surface area contributed by atoms with E-state index in [1.165, 1.54) is 0 Å². The fourth-order valence-corrected chi connectivity index (χ4v) is 2.66. The van der Waals surface area contributed by atoms with E-state index in [1.54, 1.807) is 0 Å². The highest BCUT2D eigenvalue weighted by Crippen LogP contribution is 2.19. The number of anilines is 1. The summed E-state index contributed by atoms with van der Waals surface area (Å²) in [6, 6.07) is 17.5. The van der Waals surface area contributed by atoms with Crippen LogP contribution in [0.4, 0.5) is 5.69 Å². The third-order valence-corrected chi connectivity index (χ3v) is 4.17. The van der Waals surface area contributed by atoms with Gasteiger partial charge in [-0.05, 0) is 23.6 Å². The van der Waals surface area contributed by atoms with E-state index < -0.39 is 9.84 Å². The fourth-order valence-electron chi connectivity index (χ4n) is 2.10. The number of benzene rings is 2. The monoisotopic (exact) mass is 317 g/mol. The lowest BCUT2D eigenvalue weighted by atomic mass is 10.0. The molecule has 4 nitrogen and oxygen atoms in total. The molecular formula is C17H19NO3S. The van der Waals surface area contributed by atoms with Gasteiger partial charge in [0.15, 0.2) is 0 Å². The highest BCUT2D eigenvalue weighted by Gasteiger charge is 2.10. The maximum Gasteiger partial charge on any atom is 0.225 e. The summed E-state index contributed by atoms with van der Waals surface area (Å²) in [5.74, 6) is -0.425. The first-order valence-corrected chi connectivity index (χ1v) is 9.09. The lowest BCUT2D eigenvalue weighted by Crippen LogP contribution is -2.17. The van der Waals surface area contributed by atoms with E-state index in [2.05, 4.69) is 5.32 Å². The van der Waals surface area contributed by atoms with Gasteiger partial charge in [-0.2, -0.15) is 0 Å². The molecule has 0 bridgehead atoms. The normalized spacial score (nSPS) is 11.1. The molecule has 116 valence electrons. The van der Waals surface area contributed by atoms with Gasteiger partial charge in [0, 0.05) is 18.4 Å². The third kappa shape index (κ3) is 5.33. The fraction of sp³-hybridized carbons (Fsp3) is 0.235. The molecule has 0 atom stereocenters. The van der Waals surface area contributed by atoms with Crippen LogP contribution in [0.5, 0.6) is 0 Å². The number of hydrogen-bond donors (Lipinski definition) is 1. The predicted octanol–water partition coefficient (Wildman–Crippen LogP) is 2.65. The molecule has 5 heteroatoms. The van der Waals surface area contributed by atoms with Gasteiger partial charge in [-0.3, -0.25) is 4.79 Å². The van der Waals surface area contributed by atoms with E-state index in [9.17, 15) is 13.2 Å². The smallest absolute Gasteiger partial charge is 0.225 e. The van der Waals surface area contributed by atoms with Gasteiger partial charge < -0.3 is 5.32 Å². The number of rotatable bonds is 6. The molecule has 0 heterocycles. The molecule has 0 aliphatic heterocycles. The Kier molecular flexibility index (Phi) is 5.33. The molecule has 2 rings (SSSR count). The molecule has 0 saturated carbocycles. The molecular weight excluding hydrogens is 298 g/mol. The van der Waals surface area contributed by atoms with Crippen LogP contribution in [-0.4, -0.2) is 26.3 Å². The van der Waals surface area contributed by atoms with E-state index in [0.717, 1.165) is 23.1 Å². The number of amides is 1. The Morgan fingerprint density at radius 2 is 1.64 bits per heavy atom. The number of sulfone groups is 1. The summed E-state index contributed by atoms with van der Waals surface area (Å²) in [4.78, 5) is 11.9. The Morgan fingerprint density at radius 1 is 1.00 bits per heavy atom. The Morgan fingerprint density at radius 3 is 2.32 bits per heavy atom. The van der Waals surface area contributed by atoms with Crippen LogP contribution < -0.4 is 5.32 Å². The van der Waals surface area contributed by atoms with Crippen molar-refractivity contribution in [2.75, 3.05) is 17.3 Å². The Bertz CT molecular complexity index is 740. The number of nitrogens with one attached hydrogen (secondary N) is 1. The second-order valence-corrected chi connectivity index (χ2v) is 7.51. The quantitative estimate of drug-likeness (QED) is 0.891. The highest BCUT2D eigenvalue weighted by atomic mass is 32.2. The number of carbonyl (C=O) groups is 1. The second-order valence-electron chi connectivity index (χ2n) is 5.25. The summed E-state index contributed by atoms with van der Waals surface area (Å²) in [7, 11) is -3.13. The minimum Gasteiger partial charge on any atom is -0.326 e. The summed E-state index contributed by atoms with van der Waals surface area (Å²) >= 11 is 0. The molecule has 0 unspecified atom stereocenters. The molecule has 0 saturated heterocycles. The zero-order valence-electron chi connectivity index (χ0n) is 12.5. The van der Waals surface area contributed by atoms with Crippen LogP contribution in [-0.2, 0) is 21.1 Å². The summed E-state index contributed by atoms with van der Waals surface area (Å²) in [5.41, 5.74) is 2.88. The first kappa shape index (κ1) is 16.2.